The predicted molar refractivity (Wildman–Crippen MR) is 433 cm³/mol. The fourth-order valence-corrected chi connectivity index (χ4v) is 13.2. The summed E-state index contributed by atoms with van der Waals surface area (Å²) >= 11 is 0. The molecule has 17 unspecified atom stereocenters. The number of hydrogen-bond donors (Lipinski definition) is 12. The number of aliphatic hydroxyl groups excluding tert-OH is 11. The Morgan fingerprint density at radius 3 is 1.04 bits per heavy atom. The van der Waals surface area contributed by atoms with Crippen LogP contribution >= 0.6 is 0 Å². The molecule has 0 aromatic heterocycles. The Balaban J connectivity index is 1.40. The summed E-state index contributed by atoms with van der Waals surface area (Å²) in [5.74, 6) is -0.326. The molecule has 3 saturated heterocycles. The lowest BCUT2D eigenvalue weighted by molar-refractivity contribution is -0.379. The van der Waals surface area contributed by atoms with Crippen molar-refractivity contribution < 1.29 is 89.4 Å². The van der Waals surface area contributed by atoms with Crippen molar-refractivity contribution >= 4 is 5.91 Å². The topological polar surface area (TPSA) is 307 Å². The number of aliphatic hydroxyl groups is 11. The van der Waals surface area contributed by atoms with E-state index in [1.165, 1.54) is 141 Å². The summed E-state index contributed by atoms with van der Waals surface area (Å²) < 4.78 is 34.4. The molecule has 17 atom stereocenters. The van der Waals surface area contributed by atoms with E-state index in [9.17, 15) is 61.0 Å². The lowest BCUT2D eigenvalue weighted by Gasteiger charge is -2.48. The molecule has 3 aliphatic heterocycles. The molecule has 0 spiro atoms. The van der Waals surface area contributed by atoms with Crippen molar-refractivity contribution in [2.45, 2.75) is 381 Å². The van der Waals surface area contributed by atoms with Gasteiger partial charge in [-0.15, -0.1) is 0 Å². The molecule has 0 aromatic rings. The van der Waals surface area contributed by atoms with Crippen molar-refractivity contribution in [1.82, 2.24) is 5.32 Å². The summed E-state index contributed by atoms with van der Waals surface area (Å²) in [5.41, 5.74) is 0. The van der Waals surface area contributed by atoms with E-state index < -0.39 is 131 Å². The van der Waals surface area contributed by atoms with Gasteiger partial charge in [0.1, 0.15) is 73.2 Å². The maximum atomic E-state index is 13.5. The van der Waals surface area contributed by atoms with Gasteiger partial charge in [0, 0.05) is 6.42 Å². The molecule has 3 fully saturated rings. The SMILES string of the molecule is CC/C=C\C/C=C\C/C=C\C/C=C\C/C=C\C/C=C\C/C=C\C/C=C\C/C=C\CCCCCC(=O)NC(COC1OC(CO)C(OC2OC(CO)C(OC3OC(CO)C(O)C(O)C3O)C(O)C2O)C(O)C1O)C(O)/C=C/CC/C=C/CC/C=C/CCCCCCCCCCCCCCCCCCCCCCCC. The van der Waals surface area contributed by atoms with E-state index in [4.69, 9.17) is 28.4 Å². The number of carbonyl (C=O) groups is 1. The van der Waals surface area contributed by atoms with Crippen molar-refractivity contribution in [3.05, 3.63) is 146 Å². The van der Waals surface area contributed by atoms with Crippen LogP contribution in [-0.4, -0.2) is 193 Å². The minimum atomic E-state index is -2.00. The maximum Gasteiger partial charge on any atom is 0.220 e. The Bertz CT molecular complexity index is 2520. The van der Waals surface area contributed by atoms with Gasteiger partial charge >= 0.3 is 0 Å². The molecule has 19 heteroatoms. The number of hydrogen-bond acceptors (Lipinski definition) is 18. The van der Waals surface area contributed by atoms with Gasteiger partial charge in [0.25, 0.3) is 0 Å². The smallest absolute Gasteiger partial charge is 0.220 e. The molecule has 12 N–H and O–H groups in total. The molecular weight excluding hydrogens is 1370 g/mol. The zero-order valence-corrected chi connectivity index (χ0v) is 66.3. The van der Waals surface area contributed by atoms with Crippen LogP contribution in [0.5, 0.6) is 0 Å². The molecule has 3 aliphatic rings. The summed E-state index contributed by atoms with van der Waals surface area (Å²) in [4.78, 5) is 13.5. The highest BCUT2D eigenvalue weighted by atomic mass is 16.8. The number of unbranched alkanes of at least 4 members (excludes halogenated alkanes) is 27. The Morgan fingerprint density at radius 1 is 0.343 bits per heavy atom. The first-order valence-electron chi connectivity index (χ1n) is 42.1. The van der Waals surface area contributed by atoms with Crippen LogP contribution in [0.3, 0.4) is 0 Å². The van der Waals surface area contributed by atoms with E-state index in [0.29, 0.717) is 12.8 Å². The minimum Gasteiger partial charge on any atom is -0.394 e. The highest BCUT2D eigenvalue weighted by molar-refractivity contribution is 5.76. The third kappa shape index (κ3) is 46.0. The first kappa shape index (κ1) is 97.9. The van der Waals surface area contributed by atoms with Crippen LogP contribution in [0.15, 0.2) is 146 Å². The molecule has 618 valence electrons. The first-order chi connectivity index (χ1) is 52.8. The number of nitrogens with one attached hydrogen (secondary N) is 1. The molecular formula is C89H149NO18. The van der Waals surface area contributed by atoms with E-state index in [1.54, 1.807) is 6.08 Å². The highest BCUT2D eigenvalue weighted by Gasteiger charge is 2.54. The van der Waals surface area contributed by atoms with Gasteiger partial charge in [-0.05, 0) is 116 Å². The van der Waals surface area contributed by atoms with Crippen molar-refractivity contribution in [3.63, 3.8) is 0 Å². The fourth-order valence-electron chi connectivity index (χ4n) is 13.2. The van der Waals surface area contributed by atoms with Crippen molar-refractivity contribution in [3.8, 4) is 0 Å². The largest absolute Gasteiger partial charge is 0.394 e. The zero-order chi connectivity index (χ0) is 78.1. The van der Waals surface area contributed by atoms with Crippen LogP contribution in [0.2, 0.25) is 0 Å². The third-order valence-electron chi connectivity index (χ3n) is 19.8. The van der Waals surface area contributed by atoms with Crippen LogP contribution in [0, 0.1) is 0 Å². The van der Waals surface area contributed by atoms with E-state index in [0.717, 1.165) is 103 Å². The normalized spacial score (nSPS) is 26.2. The lowest BCUT2D eigenvalue weighted by atomic mass is 9.96. The molecule has 3 rings (SSSR count). The fraction of sp³-hybridized carbons (Fsp3) is 0.719. The van der Waals surface area contributed by atoms with E-state index >= 15 is 0 Å². The van der Waals surface area contributed by atoms with Gasteiger partial charge in [-0.25, -0.2) is 0 Å². The van der Waals surface area contributed by atoms with E-state index in [1.807, 2.05) is 6.08 Å². The number of carbonyl (C=O) groups excluding carboxylic acids is 1. The second-order valence-electron chi connectivity index (χ2n) is 29.2. The predicted octanol–water partition coefficient (Wildman–Crippen LogP) is 15.0. The number of rotatable bonds is 65. The average Bonchev–Trinajstić information content (AvgIpc) is 0.779. The third-order valence-corrected chi connectivity index (χ3v) is 19.8. The van der Waals surface area contributed by atoms with Crippen molar-refractivity contribution in [2.75, 3.05) is 26.4 Å². The van der Waals surface area contributed by atoms with Crippen LogP contribution in [0.1, 0.15) is 277 Å². The van der Waals surface area contributed by atoms with Gasteiger partial charge < -0.3 is 89.9 Å². The van der Waals surface area contributed by atoms with Gasteiger partial charge in [0.05, 0.1) is 38.6 Å². The number of ether oxygens (including phenoxy) is 6. The highest BCUT2D eigenvalue weighted by Crippen LogP contribution is 2.33. The lowest BCUT2D eigenvalue weighted by Crippen LogP contribution is -2.66. The zero-order valence-electron chi connectivity index (χ0n) is 66.3. The summed E-state index contributed by atoms with van der Waals surface area (Å²) in [7, 11) is 0. The molecule has 108 heavy (non-hydrogen) atoms. The Labute approximate surface area is 651 Å². The van der Waals surface area contributed by atoms with Gasteiger partial charge in [-0.1, -0.05) is 301 Å². The Morgan fingerprint density at radius 2 is 0.648 bits per heavy atom. The molecule has 0 radical (unpaired) electrons. The van der Waals surface area contributed by atoms with Crippen LogP contribution in [0.25, 0.3) is 0 Å². The van der Waals surface area contributed by atoms with Gasteiger partial charge in [-0.3, -0.25) is 4.79 Å². The summed E-state index contributed by atoms with van der Waals surface area (Å²) in [6, 6.07) is -1.03. The maximum absolute atomic E-state index is 13.5. The number of amides is 1. The molecule has 0 bridgehead atoms. The summed E-state index contributed by atoms with van der Waals surface area (Å²) in [5, 5.41) is 121. The van der Waals surface area contributed by atoms with Crippen molar-refractivity contribution in [2.24, 2.45) is 0 Å². The second kappa shape index (κ2) is 67.2. The van der Waals surface area contributed by atoms with Crippen LogP contribution in [0.4, 0.5) is 0 Å². The van der Waals surface area contributed by atoms with Crippen LogP contribution < -0.4 is 5.32 Å². The van der Waals surface area contributed by atoms with Crippen molar-refractivity contribution in [1.29, 1.82) is 0 Å². The average molecular weight is 1520 g/mol. The van der Waals surface area contributed by atoms with Crippen LogP contribution in [-0.2, 0) is 33.2 Å². The minimum absolute atomic E-state index is 0.182. The molecule has 0 aromatic carbocycles. The first-order valence-corrected chi connectivity index (χ1v) is 42.1. The van der Waals surface area contributed by atoms with E-state index in [2.05, 4.69) is 153 Å². The quantitative estimate of drug-likeness (QED) is 0.0199. The standard InChI is InChI=1S/C89H149NO18/c1-3-5-7-9-11-13-15-17-19-21-23-25-27-29-31-33-35-37-38-40-42-44-46-48-50-52-54-56-58-60-62-64-66-73(94)72(90-77(95)67-65-63-61-59-57-55-53-51-49-47-45-43-41-39-36-34-32-30-28-26-24-22-20-18-16-14-12-10-8-6-4-2)71-103-87-83(101)80(98)85(75(69-92)105-87)108-89-84(102)81(99)86(76(70-93)106-89)107-88-82(100)79(97)78(96)74(68-91)104-88/h6,8,12,14,18,20,24,26,30,32,36,39,43,45,48-51,55-58,64,66,72-76,78-89,91-94,96-102H,3-5,7,9-11,13,15-17,19,21-23,25,27-29,31,33-35,37-38,40-42,44,46-47,52-54,59-63,65,67-71H2,1-2H3,(H,90,95)/b8-6-,14-12-,20-18-,26-24-,32-30-,39-36-,45-43-,50-48+,51-49-,57-55-,58-56+,66-64+. The van der Waals surface area contributed by atoms with E-state index in [-0.39, 0.29) is 12.3 Å². The Kier molecular flexibility index (Phi) is 60.9. The Hall–Kier alpha value is -4.33. The van der Waals surface area contributed by atoms with Gasteiger partial charge in [0.2, 0.25) is 5.91 Å². The van der Waals surface area contributed by atoms with Gasteiger partial charge in [0.15, 0.2) is 18.9 Å². The van der Waals surface area contributed by atoms with Gasteiger partial charge in [-0.2, -0.15) is 0 Å². The summed E-state index contributed by atoms with van der Waals surface area (Å²) in [6.07, 6.45) is 71.3. The molecule has 1 amide bonds. The monoisotopic (exact) mass is 1520 g/mol. The summed E-state index contributed by atoms with van der Waals surface area (Å²) in [6.45, 7) is 1.58. The molecule has 19 nitrogen and oxygen atoms in total. The molecule has 0 aliphatic carbocycles. The molecule has 0 saturated carbocycles. The molecule has 3 heterocycles. The second-order valence-corrected chi connectivity index (χ2v) is 29.2. The number of allylic oxidation sites excluding steroid dienone is 23.